The maximum atomic E-state index is 12.8. The summed E-state index contributed by atoms with van der Waals surface area (Å²) in [4.78, 5) is 20.9. The highest BCUT2D eigenvalue weighted by Crippen LogP contribution is 2.67. The molecule has 3 saturated carbocycles. The van der Waals surface area contributed by atoms with Gasteiger partial charge in [-0.2, -0.15) is 0 Å². The van der Waals surface area contributed by atoms with Gasteiger partial charge in [-0.15, -0.1) is 6.42 Å². The summed E-state index contributed by atoms with van der Waals surface area (Å²) in [5, 5.41) is 18.9. The minimum Gasteiger partial charge on any atom is -0.385 e. The van der Waals surface area contributed by atoms with Crippen LogP contribution in [0.2, 0.25) is 0 Å². The fraction of sp³-hybridized carbons (Fsp3) is 0.692. The van der Waals surface area contributed by atoms with E-state index < -0.39 is 5.60 Å². The van der Waals surface area contributed by atoms with E-state index in [9.17, 15) is 9.90 Å². The average molecular weight is 614 g/mol. The first-order valence-corrected chi connectivity index (χ1v) is 17.6. The van der Waals surface area contributed by atoms with Gasteiger partial charge in [-0.05, 0) is 119 Å². The largest absolute Gasteiger partial charge is 0.385 e. The van der Waals surface area contributed by atoms with Crippen LogP contribution < -0.4 is 5.32 Å². The Morgan fingerprint density at radius 1 is 1.11 bits per heavy atom. The third-order valence-electron chi connectivity index (χ3n) is 13.9. The molecule has 1 aromatic rings. The molecule has 1 amide bonds. The molecule has 0 radical (unpaired) electrons. The lowest BCUT2D eigenvalue weighted by molar-refractivity contribution is -0.125. The topological polar surface area (TPSA) is 74.2 Å². The number of likely N-dealkylation sites (tertiary alicyclic amines) is 1. The van der Waals surface area contributed by atoms with Crippen LogP contribution in [-0.4, -0.2) is 60.0 Å². The summed E-state index contributed by atoms with van der Waals surface area (Å²) in [6.07, 6.45) is 18.2. The van der Waals surface area contributed by atoms with E-state index >= 15 is 0 Å². The zero-order valence-electron chi connectivity index (χ0n) is 28.3. The van der Waals surface area contributed by atoms with Crippen LogP contribution in [0.1, 0.15) is 97.5 Å². The Morgan fingerprint density at radius 2 is 1.87 bits per heavy atom. The molecule has 1 saturated heterocycles. The molecule has 6 rings (SSSR count). The number of rotatable bonds is 7. The highest BCUT2D eigenvalue weighted by atomic mass is 16.6. The predicted molar refractivity (Wildman–Crippen MR) is 180 cm³/mol. The summed E-state index contributed by atoms with van der Waals surface area (Å²) in [7, 11) is 2.21. The zero-order valence-corrected chi connectivity index (χ0v) is 28.3. The van der Waals surface area contributed by atoms with Crippen molar-refractivity contribution in [2.75, 3.05) is 26.7 Å². The summed E-state index contributed by atoms with van der Waals surface area (Å²) < 4.78 is 0. The van der Waals surface area contributed by atoms with Crippen LogP contribution in [0.3, 0.4) is 0 Å². The van der Waals surface area contributed by atoms with Crippen LogP contribution in [0.15, 0.2) is 47.1 Å². The number of terminal acetylenes is 1. The second-order valence-corrected chi connectivity index (χ2v) is 15.9. The number of carbonyl (C=O) groups is 1. The summed E-state index contributed by atoms with van der Waals surface area (Å²) in [6, 6.07) is 11.3. The minimum atomic E-state index is -0.955. The molecular formula is C39H55N3O3. The number of carbonyl (C=O) groups excluding carboxylic acids is 1. The van der Waals surface area contributed by atoms with Gasteiger partial charge in [0.05, 0.1) is 5.71 Å². The molecule has 2 N–H and O–H groups in total. The Balaban J connectivity index is 1.04. The first kappa shape index (κ1) is 32.3. The van der Waals surface area contributed by atoms with Crippen LogP contribution in [0.25, 0.3) is 0 Å². The molecule has 9 atom stereocenters. The first-order valence-electron chi connectivity index (χ1n) is 17.6. The maximum Gasteiger partial charge on any atom is 0.260 e. The molecule has 4 aliphatic carbocycles. The number of hydrogen-bond acceptors (Lipinski definition) is 5. The van der Waals surface area contributed by atoms with Gasteiger partial charge in [-0.1, -0.05) is 67.8 Å². The molecule has 45 heavy (non-hydrogen) atoms. The third-order valence-corrected chi connectivity index (χ3v) is 13.9. The SMILES string of the molecule is C#C[C@]1(O)CCC2C3CCC4=CC(=NOCC(=O)NCCC5(c6ccccc6)CC(C)N(C)CC5C)CC[C@]4(C)C3CC[C@@]21C. The van der Waals surface area contributed by atoms with Crippen molar-refractivity contribution < 1.29 is 14.7 Å². The van der Waals surface area contributed by atoms with Crippen molar-refractivity contribution in [2.24, 2.45) is 39.7 Å². The fourth-order valence-electron chi connectivity index (χ4n) is 10.9. The van der Waals surface area contributed by atoms with E-state index in [4.69, 9.17) is 11.3 Å². The van der Waals surface area contributed by atoms with E-state index in [0.29, 0.717) is 36.3 Å². The van der Waals surface area contributed by atoms with E-state index in [1.54, 1.807) is 0 Å². The summed E-state index contributed by atoms with van der Waals surface area (Å²) in [5.41, 5.74) is 2.90. The molecule has 1 aliphatic heterocycles. The lowest BCUT2D eigenvalue weighted by Gasteiger charge is -2.58. The summed E-state index contributed by atoms with van der Waals surface area (Å²) in [6.45, 7) is 11.0. The van der Waals surface area contributed by atoms with Crippen molar-refractivity contribution in [3.63, 3.8) is 0 Å². The normalized spacial score (nSPS) is 42.1. The molecule has 0 bridgehead atoms. The molecule has 5 aliphatic rings. The van der Waals surface area contributed by atoms with Gasteiger partial charge in [0.2, 0.25) is 0 Å². The molecule has 0 spiro atoms. The van der Waals surface area contributed by atoms with Crippen LogP contribution in [0.5, 0.6) is 0 Å². The third kappa shape index (κ3) is 5.46. The minimum absolute atomic E-state index is 0.0404. The molecule has 6 heteroatoms. The standard InChI is InChI=1S/C39H55N3O3/c1-7-39(44)20-17-34-32-14-13-30-23-31(15-18-36(30,4)33(32)16-19-37(34,39)5)41-45-26-35(43)40-22-21-38(29-11-9-8-10-12-29)24-28(3)42(6)25-27(38)2/h1,8-12,23,27-28,32-34,44H,13-22,24-26H2,2-6H3,(H,40,43)/t27?,28?,32?,33?,34?,36-,37-,38?,39-/m0/s1. The van der Waals surface area contributed by atoms with E-state index in [2.05, 4.69) is 92.4 Å². The van der Waals surface area contributed by atoms with Gasteiger partial charge in [-0.3, -0.25) is 4.79 Å². The predicted octanol–water partition coefficient (Wildman–Crippen LogP) is 6.49. The van der Waals surface area contributed by atoms with Crippen molar-refractivity contribution in [2.45, 2.75) is 109 Å². The molecule has 6 unspecified atom stereocenters. The lowest BCUT2D eigenvalue weighted by atomic mass is 9.46. The van der Waals surface area contributed by atoms with Gasteiger partial charge in [0, 0.05) is 30.0 Å². The second-order valence-electron chi connectivity index (χ2n) is 15.9. The van der Waals surface area contributed by atoms with Crippen LogP contribution in [0.4, 0.5) is 0 Å². The van der Waals surface area contributed by atoms with Crippen LogP contribution in [0, 0.1) is 46.8 Å². The molecule has 1 heterocycles. The van der Waals surface area contributed by atoms with E-state index in [1.165, 1.54) is 11.1 Å². The molecule has 1 aromatic carbocycles. The van der Waals surface area contributed by atoms with Gasteiger partial charge in [0.25, 0.3) is 5.91 Å². The van der Waals surface area contributed by atoms with Crippen molar-refractivity contribution in [3.8, 4) is 12.3 Å². The molecule has 0 aromatic heterocycles. The van der Waals surface area contributed by atoms with Gasteiger partial charge in [0.15, 0.2) is 6.61 Å². The highest BCUT2D eigenvalue weighted by Gasteiger charge is 2.63. The fourth-order valence-corrected chi connectivity index (χ4v) is 10.9. The number of nitrogens with zero attached hydrogens (tertiary/aromatic N) is 2. The number of piperidine rings is 1. The van der Waals surface area contributed by atoms with E-state index in [0.717, 1.165) is 76.5 Å². The van der Waals surface area contributed by atoms with Crippen molar-refractivity contribution in [3.05, 3.63) is 47.5 Å². The first-order chi connectivity index (χ1) is 21.5. The second kappa shape index (κ2) is 12.2. The maximum absolute atomic E-state index is 12.8. The van der Waals surface area contributed by atoms with Crippen molar-refractivity contribution in [1.82, 2.24) is 10.2 Å². The van der Waals surface area contributed by atoms with Crippen molar-refractivity contribution in [1.29, 1.82) is 0 Å². The van der Waals surface area contributed by atoms with E-state index in [-0.39, 0.29) is 28.8 Å². The number of benzene rings is 1. The number of amides is 1. The average Bonchev–Trinajstić information content (AvgIpc) is 3.31. The van der Waals surface area contributed by atoms with Gasteiger partial charge in [-0.25, -0.2) is 0 Å². The Labute approximate surface area is 271 Å². The van der Waals surface area contributed by atoms with Gasteiger partial charge >= 0.3 is 0 Å². The molecule has 6 nitrogen and oxygen atoms in total. The summed E-state index contributed by atoms with van der Waals surface area (Å²) in [5.74, 6) is 4.92. The number of oxime groups is 1. The molecule has 244 valence electrons. The van der Waals surface area contributed by atoms with Crippen molar-refractivity contribution >= 4 is 11.6 Å². The van der Waals surface area contributed by atoms with Crippen LogP contribution in [-0.2, 0) is 15.0 Å². The Morgan fingerprint density at radius 3 is 2.62 bits per heavy atom. The quantitative estimate of drug-likeness (QED) is 0.272. The number of nitrogens with one attached hydrogen (secondary N) is 1. The van der Waals surface area contributed by atoms with Gasteiger partial charge < -0.3 is 20.2 Å². The zero-order chi connectivity index (χ0) is 32.0. The van der Waals surface area contributed by atoms with Gasteiger partial charge in [0.1, 0.15) is 5.60 Å². The monoisotopic (exact) mass is 613 g/mol. The smallest absolute Gasteiger partial charge is 0.260 e. The number of hydrogen-bond donors (Lipinski definition) is 2. The highest BCUT2D eigenvalue weighted by molar-refractivity contribution is 5.96. The molecular weight excluding hydrogens is 558 g/mol. The number of fused-ring (bicyclic) bond motifs is 5. The summed E-state index contributed by atoms with van der Waals surface area (Å²) >= 11 is 0. The Hall–Kier alpha value is -2.62. The number of aliphatic hydroxyl groups is 1. The molecule has 4 fully saturated rings. The lowest BCUT2D eigenvalue weighted by Crippen LogP contribution is -2.54. The van der Waals surface area contributed by atoms with E-state index in [1.807, 2.05) is 0 Å². The Kier molecular flexibility index (Phi) is 8.76. The van der Waals surface area contributed by atoms with Crippen LogP contribution >= 0.6 is 0 Å². The number of allylic oxidation sites excluding steroid dienone is 2. The Bertz CT molecular complexity index is 1370.